The van der Waals surface area contributed by atoms with Gasteiger partial charge in [0.05, 0.1) is 5.69 Å². The van der Waals surface area contributed by atoms with Gasteiger partial charge in [0.1, 0.15) is 0 Å². The summed E-state index contributed by atoms with van der Waals surface area (Å²) in [5.74, 6) is 5.85. The molecule has 1 amide bonds. The maximum Gasteiger partial charge on any atom is 0.237 e. The second kappa shape index (κ2) is 5.01. The van der Waals surface area contributed by atoms with E-state index in [9.17, 15) is 4.79 Å². The van der Waals surface area contributed by atoms with E-state index in [4.69, 9.17) is 11.6 Å². The van der Waals surface area contributed by atoms with Gasteiger partial charge >= 0.3 is 0 Å². The van der Waals surface area contributed by atoms with Gasteiger partial charge in [-0.25, -0.2) is 10.8 Å². The molecule has 0 saturated carbocycles. The molecule has 0 unspecified atom stereocenters. The molecule has 1 aromatic rings. The van der Waals surface area contributed by atoms with Crippen molar-refractivity contribution in [1.29, 1.82) is 0 Å². The number of hydrogen-bond acceptors (Lipinski definition) is 5. The van der Waals surface area contributed by atoms with Gasteiger partial charge < -0.3 is 10.6 Å². The van der Waals surface area contributed by atoms with Gasteiger partial charge in [0.15, 0.2) is 5.82 Å². The molecule has 0 aliphatic carbocycles. The average Bonchev–Trinajstić information content (AvgIpc) is 2.39. The van der Waals surface area contributed by atoms with Gasteiger partial charge in [-0.2, -0.15) is 0 Å². The van der Waals surface area contributed by atoms with Crippen LogP contribution in [0.25, 0.3) is 0 Å². The molecule has 92 valence electrons. The van der Waals surface area contributed by atoms with Crippen LogP contribution in [0.15, 0.2) is 18.3 Å². The van der Waals surface area contributed by atoms with E-state index in [1.165, 1.54) is 0 Å². The summed E-state index contributed by atoms with van der Waals surface area (Å²) in [7, 11) is 0. The van der Waals surface area contributed by atoms with Crippen LogP contribution in [0.2, 0.25) is 0 Å². The van der Waals surface area contributed by atoms with Crippen molar-refractivity contribution in [2.45, 2.75) is 12.8 Å². The summed E-state index contributed by atoms with van der Waals surface area (Å²) in [5.41, 5.74) is 8.75. The van der Waals surface area contributed by atoms with Gasteiger partial charge in [-0.15, -0.1) is 0 Å². The van der Waals surface area contributed by atoms with Crippen molar-refractivity contribution in [3.63, 3.8) is 0 Å². The zero-order valence-corrected chi connectivity index (χ0v) is 9.60. The van der Waals surface area contributed by atoms with Crippen LogP contribution in [0.5, 0.6) is 0 Å². The highest BCUT2D eigenvalue weighted by atomic mass is 16.2. The monoisotopic (exact) mass is 235 g/mol. The number of hydrogen-bond donors (Lipinski definition) is 3. The van der Waals surface area contributed by atoms with E-state index in [-0.39, 0.29) is 11.8 Å². The molecule has 1 aliphatic rings. The number of rotatable bonds is 2. The summed E-state index contributed by atoms with van der Waals surface area (Å²) in [6.45, 7) is 1.55. The molecular formula is C11H17N5O. The van der Waals surface area contributed by atoms with Crippen LogP contribution in [0.4, 0.5) is 11.5 Å². The van der Waals surface area contributed by atoms with Crippen molar-refractivity contribution >= 4 is 17.4 Å². The lowest BCUT2D eigenvalue weighted by atomic mass is 9.96. The number of anilines is 2. The quantitative estimate of drug-likeness (QED) is 0.377. The summed E-state index contributed by atoms with van der Waals surface area (Å²) in [6, 6.07) is 3.65. The molecule has 1 fully saturated rings. The Morgan fingerprint density at radius 2 is 2.18 bits per heavy atom. The highest BCUT2D eigenvalue weighted by molar-refractivity contribution is 5.78. The average molecular weight is 235 g/mol. The molecule has 6 heteroatoms. The van der Waals surface area contributed by atoms with Gasteiger partial charge in [0.2, 0.25) is 5.91 Å². The molecular weight excluding hydrogens is 218 g/mol. The Kier molecular flexibility index (Phi) is 3.43. The normalized spacial score (nSPS) is 16.9. The number of pyridine rings is 1. The van der Waals surface area contributed by atoms with Gasteiger partial charge in [-0.3, -0.25) is 10.2 Å². The van der Waals surface area contributed by atoms with Crippen molar-refractivity contribution in [1.82, 2.24) is 10.4 Å². The first-order chi connectivity index (χ1) is 8.22. The summed E-state index contributed by atoms with van der Waals surface area (Å²) in [6.07, 6.45) is 3.28. The first kappa shape index (κ1) is 11.7. The van der Waals surface area contributed by atoms with Crippen LogP contribution >= 0.6 is 0 Å². The Hall–Kier alpha value is -1.82. The second-order valence-electron chi connectivity index (χ2n) is 4.19. The van der Waals surface area contributed by atoms with E-state index in [2.05, 4.69) is 15.3 Å². The summed E-state index contributed by atoms with van der Waals surface area (Å²) in [4.78, 5) is 17.8. The van der Waals surface area contributed by atoms with Crippen molar-refractivity contribution in [3.05, 3.63) is 18.3 Å². The molecule has 2 rings (SSSR count). The molecule has 5 N–H and O–H groups in total. The Labute approximate surface area is 100.0 Å². The van der Waals surface area contributed by atoms with Crippen molar-refractivity contribution in [2.75, 3.05) is 23.7 Å². The highest BCUT2D eigenvalue weighted by Crippen LogP contribution is 2.25. The topological polar surface area (TPSA) is 97.3 Å². The molecule has 6 nitrogen and oxygen atoms in total. The number of hydrazine groups is 1. The van der Waals surface area contributed by atoms with Gasteiger partial charge in [-0.1, -0.05) is 0 Å². The van der Waals surface area contributed by atoms with E-state index in [1.54, 1.807) is 6.20 Å². The molecule has 0 spiro atoms. The third-order valence-corrected chi connectivity index (χ3v) is 3.12. The molecule has 2 heterocycles. The number of nitrogens with zero attached hydrogens (tertiary/aromatic N) is 2. The first-order valence-electron chi connectivity index (χ1n) is 5.68. The Bertz CT molecular complexity index is 401. The van der Waals surface area contributed by atoms with E-state index in [1.807, 2.05) is 12.1 Å². The molecule has 0 aromatic carbocycles. The minimum atomic E-state index is -0.0846. The van der Waals surface area contributed by atoms with Crippen molar-refractivity contribution in [3.8, 4) is 0 Å². The number of nitrogens with one attached hydrogen (secondary N) is 1. The predicted molar refractivity (Wildman–Crippen MR) is 65.9 cm³/mol. The van der Waals surface area contributed by atoms with E-state index >= 15 is 0 Å². The van der Waals surface area contributed by atoms with Crippen LogP contribution < -0.4 is 21.9 Å². The molecule has 1 saturated heterocycles. The minimum absolute atomic E-state index is 0.00110. The largest absolute Gasteiger partial charge is 0.396 e. The third kappa shape index (κ3) is 2.47. The summed E-state index contributed by atoms with van der Waals surface area (Å²) < 4.78 is 0. The molecule has 17 heavy (non-hydrogen) atoms. The first-order valence-corrected chi connectivity index (χ1v) is 5.68. The van der Waals surface area contributed by atoms with E-state index in [0.29, 0.717) is 5.69 Å². The van der Waals surface area contributed by atoms with Crippen molar-refractivity contribution in [2.24, 2.45) is 11.8 Å². The highest BCUT2D eigenvalue weighted by Gasteiger charge is 2.25. The Balaban J connectivity index is 2.00. The summed E-state index contributed by atoms with van der Waals surface area (Å²) >= 11 is 0. The standard InChI is InChI=1S/C11H17N5O/c12-9-2-1-5-14-10(9)16-6-3-8(4-7-16)11(17)15-13/h1-2,5,8H,3-4,6-7,12-13H2,(H,15,17). The fraction of sp³-hybridized carbons (Fsp3) is 0.455. The number of amides is 1. The summed E-state index contributed by atoms with van der Waals surface area (Å²) in [5, 5.41) is 0. The van der Waals surface area contributed by atoms with Crippen LogP contribution in [-0.2, 0) is 4.79 Å². The maximum absolute atomic E-state index is 11.4. The second-order valence-corrected chi connectivity index (χ2v) is 4.19. The number of carbonyl (C=O) groups excluding carboxylic acids is 1. The van der Waals surface area contributed by atoms with E-state index < -0.39 is 0 Å². The number of nitrogens with two attached hydrogens (primary N) is 2. The number of piperidine rings is 1. The number of nitrogen functional groups attached to an aromatic ring is 1. The van der Waals surface area contributed by atoms with Crippen LogP contribution in [0, 0.1) is 5.92 Å². The maximum atomic E-state index is 11.4. The predicted octanol–water partition coefficient (Wildman–Crippen LogP) is -0.130. The third-order valence-electron chi connectivity index (χ3n) is 3.12. The van der Waals surface area contributed by atoms with Crippen molar-refractivity contribution < 1.29 is 4.79 Å². The molecule has 1 aliphatic heterocycles. The van der Waals surface area contributed by atoms with Crippen LogP contribution in [-0.4, -0.2) is 24.0 Å². The lowest BCUT2D eigenvalue weighted by molar-refractivity contribution is -0.125. The molecule has 0 atom stereocenters. The molecule has 0 bridgehead atoms. The number of carbonyl (C=O) groups is 1. The fourth-order valence-electron chi connectivity index (χ4n) is 2.14. The number of aromatic nitrogens is 1. The Morgan fingerprint density at radius 1 is 1.47 bits per heavy atom. The molecule has 1 aromatic heterocycles. The minimum Gasteiger partial charge on any atom is -0.396 e. The lowest BCUT2D eigenvalue weighted by Gasteiger charge is -2.32. The van der Waals surface area contributed by atoms with Crippen LogP contribution in [0.1, 0.15) is 12.8 Å². The SMILES string of the molecule is NNC(=O)C1CCN(c2ncccc2N)CC1. The molecule has 0 radical (unpaired) electrons. The zero-order chi connectivity index (χ0) is 12.3. The lowest BCUT2D eigenvalue weighted by Crippen LogP contribution is -2.43. The smallest absolute Gasteiger partial charge is 0.237 e. The fourth-order valence-corrected chi connectivity index (χ4v) is 2.14. The zero-order valence-electron chi connectivity index (χ0n) is 9.60. The van der Waals surface area contributed by atoms with Crippen LogP contribution in [0.3, 0.4) is 0 Å². The van der Waals surface area contributed by atoms with Gasteiger partial charge in [0.25, 0.3) is 0 Å². The Morgan fingerprint density at radius 3 is 2.76 bits per heavy atom. The van der Waals surface area contributed by atoms with Gasteiger partial charge in [-0.05, 0) is 25.0 Å². The van der Waals surface area contributed by atoms with E-state index in [0.717, 1.165) is 31.7 Å². The van der Waals surface area contributed by atoms with Gasteiger partial charge in [0, 0.05) is 25.2 Å².